The number of furan rings is 1. The van der Waals surface area contributed by atoms with Crippen molar-refractivity contribution in [1.82, 2.24) is 5.32 Å². The van der Waals surface area contributed by atoms with E-state index in [-0.39, 0.29) is 12.2 Å². The molecule has 1 atom stereocenters. The zero-order chi connectivity index (χ0) is 17.9. The number of nitro benzene ring substituents is 1. The van der Waals surface area contributed by atoms with Crippen molar-refractivity contribution in [3.8, 4) is 0 Å². The molecule has 0 aliphatic rings. The molecule has 24 heavy (non-hydrogen) atoms. The highest BCUT2D eigenvalue weighted by molar-refractivity contribution is 5.90. The van der Waals surface area contributed by atoms with Crippen molar-refractivity contribution in [2.75, 3.05) is 11.9 Å². The largest absolute Gasteiger partial charge is 0.463 e. The summed E-state index contributed by atoms with van der Waals surface area (Å²) in [4.78, 5) is 22.3. The Morgan fingerprint density at radius 2 is 2.04 bits per heavy atom. The van der Waals surface area contributed by atoms with Crippen LogP contribution in [0, 0.1) is 24.0 Å². The molecule has 128 valence electrons. The average Bonchev–Trinajstić information content (AvgIpc) is 2.95. The number of carbonyl (C=O) groups excluding carboxylic acids is 1. The molecule has 1 aromatic heterocycles. The van der Waals surface area contributed by atoms with Crippen LogP contribution in [-0.4, -0.2) is 22.6 Å². The standard InChI is InChI=1S/C16H19N3O5/c1-10-4-6-12(19(22)23)8-13(10)18-15(20)17-9-16(3,21)14-7-5-11(2)24-14/h4-8,21H,9H2,1-3H3,(H2,17,18,20)/t16-/m1/s1. The first-order valence-corrected chi connectivity index (χ1v) is 7.28. The minimum absolute atomic E-state index is 0.0836. The Labute approximate surface area is 138 Å². The Morgan fingerprint density at radius 3 is 2.62 bits per heavy atom. The number of carbonyl (C=O) groups is 1. The van der Waals surface area contributed by atoms with E-state index in [9.17, 15) is 20.0 Å². The quantitative estimate of drug-likeness (QED) is 0.574. The predicted octanol–water partition coefficient (Wildman–Crippen LogP) is 2.83. The second-order valence-electron chi connectivity index (χ2n) is 5.75. The van der Waals surface area contributed by atoms with Gasteiger partial charge in [0.15, 0.2) is 0 Å². The van der Waals surface area contributed by atoms with E-state index in [1.807, 2.05) is 0 Å². The maximum Gasteiger partial charge on any atom is 0.319 e. The van der Waals surface area contributed by atoms with Gasteiger partial charge in [-0.15, -0.1) is 0 Å². The molecule has 2 amide bonds. The van der Waals surface area contributed by atoms with Gasteiger partial charge in [0.25, 0.3) is 5.69 Å². The van der Waals surface area contributed by atoms with E-state index < -0.39 is 16.6 Å². The molecule has 0 saturated carbocycles. The topological polar surface area (TPSA) is 118 Å². The number of rotatable bonds is 5. The van der Waals surface area contributed by atoms with Crippen LogP contribution in [0.15, 0.2) is 34.7 Å². The summed E-state index contributed by atoms with van der Waals surface area (Å²) < 4.78 is 5.36. The lowest BCUT2D eigenvalue weighted by molar-refractivity contribution is -0.384. The molecule has 0 aliphatic carbocycles. The van der Waals surface area contributed by atoms with Crippen molar-refractivity contribution in [3.63, 3.8) is 0 Å². The number of urea groups is 1. The van der Waals surface area contributed by atoms with Gasteiger partial charge in [-0.1, -0.05) is 6.07 Å². The molecule has 0 saturated heterocycles. The maximum absolute atomic E-state index is 12.0. The van der Waals surface area contributed by atoms with Crippen LogP contribution in [0.1, 0.15) is 24.0 Å². The van der Waals surface area contributed by atoms with Crippen LogP contribution >= 0.6 is 0 Å². The van der Waals surface area contributed by atoms with Gasteiger partial charge in [-0.2, -0.15) is 0 Å². The SMILES string of the molecule is Cc1ccc([C@](C)(O)CNC(=O)Nc2cc([N+](=O)[O-])ccc2C)o1. The van der Waals surface area contributed by atoms with Crippen molar-refractivity contribution >= 4 is 17.4 Å². The number of amides is 2. The second-order valence-corrected chi connectivity index (χ2v) is 5.75. The normalized spacial score (nSPS) is 13.2. The van der Waals surface area contributed by atoms with Gasteiger partial charge in [0, 0.05) is 12.1 Å². The summed E-state index contributed by atoms with van der Waals surface area (Å²) in [6.45, 7) is 4.91. The number of benzene rings is 1. The number of nitro groups is 1. The molecular formula is C16H19N3O5. The Bertz CT molecular complexity index is 767. The van der Waals surface area contributed by atoms with Crippen LogP contribution < -0.4 is 10.6 Å². The molecule has 0 fully saturated rings. The highest BCUT2D eigenvalue weighted by Gasteiger charge is 2.27. The molecule has 1 aromatic carbocycles. The molecule has 2 rings (SSSR count). The molecule has 2 aromatic rings. The van der Waals surface area contributed by atoms with Gasteiger partial charge in [-0.3, -0.25) is 10.1 Å². The molecule has 0 spiro atoms. The number of hydrogen-bond acceptors (Lipinski definition) is 5. The van der Waals surface area contributed by atoms with Gasteiger partial charge >= 0.3 is 6.03 Å². The molecule has 0 bridgehead atoms. The fourth-order valence-corrected chi connectivity index (χ4v) is 2.09. The Kier molecular flexibility index (Phi) is 4.89. The minimum Gasteiger partial charge on any atom is -0.463 e. The van der Waals surface area contributed by atoms with E-state index >= 15 is 0 Å². The van der Waals surface area contributed by atoms with Crippen LogP contribution in [-0.2, 0) is 5.60 Å². The fraction of sp³-hybridized carbons (Fsp3) is 0.312. The molecule has 1 heterocycles. The smallest absolute Gasteiger partial charge is 0.319 e. The summed E-state index contributed by atoms with van der Waals surface area (Å²) >= 11 is 0. The first kappa shape index (κ1) is 17.5. The van der Waals surface area contributed by atoms with E-state index in [1.54, 1.807) is 32.0 Å². The fourth-order valence-electron chi connectivity index (χ4n) is 2.09. The van der Waals surface area contributed by atoms with Gasteiger partial charge in [-0.05, 0) is 38.5 Å². The molecule has 3 N–H and O–H groups in total. The van der Waals surface area contributed by atoms with Crippen LogP contribution in [0.3, 0.4) is 0 Å². The number of non-ortho nitro benzene ring substituents is 1. The summed E-state index contributed by atoms with van der Waals surface area (Å²) in [5.41, 5.74) is -0.475. The van der Waals surface area contributed by atoms with Crippen molar-refractivity contribution in [2.24, 2.45) is 0 Å². The number of nitrogens with one attached hydrogen (secondary N) is 2. The highest BCUT2D eigenvalue weighted by atomic mass is 16.6. The number of nitrogens with zero attached hydrogens (tertiary/aromatic N) is 1. The molecule has 0 aliphatic heterocycles. The number of anilines is 1. The zero-order valence-electron chi connectivity index (χ0n) is 13.6. The van der Waals surface area contributed by atoms with Crippen molar-refractivity contribution in [2.45, 2.75) is 26.4 Å². The van der Waals surface area contributed by atoms with Crippen molar-refractivity contribution in [1.29, 1.82) is 0 Å². The van der Waals surface area contributed by atoms with Crippen LogP contribution in [0.4, 0.5) is 16.2 Å². The van der Waals surface area contributed by atoms with Crippen LogP contribution in [0.5, 0.6) is 0 Å². The van der Waals surface area contributed by atoms with Crippen LogP contribution in [0.2, 0.25) is 0 Å². The highest BCUT2D eigenvalue weighted by Crippen LogP contribution is 2.23. The first-order chi connectivity index (χ1) is 11.2. The molecule has 0 unspecified atom stereocenters. The number of hydrogen-bond donors (Lipinski definition) is 3. The zero-order valence-corrected chi connectivity index (χ0v) is 13.6. The van der Waals surface area contributed by atoms with Gasteiger partial charge in [0.2, 0.25) is 0 Å². The van der Waals surface area contributed by atoms with Crippen LogP contribution in [0.25, 0.3) is 0 Å². The summed E-state index contributed by atoms with van der Waals surface area (Å²) in [5, 5.41) is 26.2. The first-order valence-electron chi connectivity index (χ1n) is 7.28. The number of aliphatic hydroxyl groups is 1. The van der Waals surface area contributed by atoms with Gasteiger partial charge in [0.05, 0.1) is 17.2 Å². The summed E-state index contributed by atoms with van der Waals surface area (Å²) in [6.07, 6.45) is 0. The predicted molar refractivity (Wildman–Crippen MR) is 87.9 cm³/mol. The molecule has 0 radical (unpaired) electrons. The second kappa shape index (κ2) is 6.71. The van der Waals surface area contributed by atoms with Crippen molar-refractivity contribution in [3.05, 3.63) is 57.5 Å². The molecular weight excluding hydrogens is 314 g/mol. The lowest BCUT2D eigenvalue weighted by Gasteiger charge is -2.21. The van der Waals surface area contributed by atoms with Crippen molar-refractivity contribution < 1.29 is 19.2 Å². The maximum atomic E-state index is 12.0. The summed E-state index contributed by atoms with van der Waals surface area (Å²) in [6, 6.07) is 6.97. The third kappa shape index (κ3) is 4.11. The van der Waals surface area contributed by atoms with Gasteiger partial charge in [-0.25, -0.2) is 4.79 Å². The summed E-state index contributed by atoms with van der Waals surface area (Å²) in [7, 11) is 0. The Hall–Kier alpha value is -2.87. The Morgan fingerprint density at radius 1 is 1.33 bits per heavy atom. The lowest BCUT2D eigenvalue weighted by atomic mass is 10.0. The van der Waals surface area contributed by atoms with E-state index in [0.717, 1.165) is 0 Å². The van der Waals surface area contributed by atoms with E-state index in [4.69, 9.17) is 4.42 Å². The van der Waals surface area contributed by atoms with E-state index in [2.05, 4.69) is 10.6 Å². The molecule has 8 nitrogen and oxygen atoms in total. The van der Waals surface area contributed by atoms with Gasteiger partial charge < -0.3 is 20.2 Å². The van der Waals surface area contributed by atoms with E-state index in [0.29, 0.717) is 22.8 Å². The van der Waals surface area contributed by atoms with E-state index in [1.165, 1.54) is 19.1 Å². The minimum atomic E-state index is -1.37. The monoisotopic (exact) mass is 333 g/mol. The Balaban J connectivity index is 2.01. The lowest BCUT2D eigenvalue weighted by Crippen LogP contribution is -2.40. The summed E-state index contributed by atoms with van der Waals surface area (Å²) in [5.74, 6) is 0.994. The average molecular weight is 333 g/mol. The third-order valence-electron chi connectivity index (χ3n) is 3.54. The molecule has 8 heteroatoms. The third-order valence-corrected chi connectivity index (χ3v) is 3.54. The van der Waals surface area contributed by atoms with Gasteiger partial charge in [0.1, 0.15) is 17.1 Å². The number of aryl methyl sites for hydroxylation is 2.